The summed E-state index contributed by atoms with van der Waals surface area (Å²) in [5.41, 5.74) is 1.46. The number of nitrogens with zero attached hydrogens (tertiary/aromatic N) is 3. The molecule has 0 aliphatic carbocycles. The van der Waals surface area contributed by atoms with E-state index >= 15 is 0 Å². The Morgan fingerprint density at radius 2 is 2.07 bits per heavy atom. The number of carbonyl (C=O) groups is 3. The van der Waals surface area contributed by atoms with E-state index in [0.29, 0.717) is 36.7 Å². The lowest BCUT2D eigenvalue weighted by Crippen LogP contribution is -2.42. The number of β-amino-alcohol motifs (C(OH)–C–C–N with tert-alkyl or cyclic N) is 1. The molecular weight excluding hydrogens is 382 g/mol. The molecule has 2 aliphatic rings. The van der Waals surface area contributed by atoms with Crippen molar-refractivity contribution in [3.05, 3.63) is 16.0 Å². The van der Waals surface area contributed by atoms with Crippen molar-refractivity contribution in [2.45, 2.75) is 39.3 Å². The average molecular weight is 410 g/mol. The van der Waals surface area contributed by atoms with Gasteiger partial charge in [-0.2, -0.15) is 0 Å². The van der Waals surface area contributed by atoms with Crippen LogP contribution in [0.15, 0.2) is 0 Å². The van der Waals surface area contributed by atoms with Crippen molar-refractivity contribution in [3.8, 4) is 0 Å². The lowest BCUT2D eigenvalue weighted by atomic mass is 10.0. The molecular formula is C19H27N3O5S. The van der Waals surface area contributed by atoms with Crippen molar-refractivity contribution < 1.29 is 24.2 Å². The number of carbonyl (C=O) groups excluding carboxylic acids is 3. The highest BCUT2D eigenvalue weighted by Crippen LogP contribution is 2.41. The van der Waals surface area contributed by atoms with E-state index in [4.69, 9.17) is 4.74 Å². The van der Waals surface area contributed by atoms with Gasteiger partial charge in [0.25, 0.3) is 11.8 Å². The van der Waals surface area contributed by atoms with Crippen molar-refractivity contribution in [1.82, 2.24) is 9.80 Å². The Morgan fingerprint density at radius 1 is 1.32 bits per heavy atom. The topological polar surface area (TPSA) is 90.4 Å². The Labute approximate surface area is 168 Å². The first-order valence-corrected chi connectivity index (χ1v) is 10.4. The average Bonchev–Trinajstić information content (AvgIpc) is 3.03. The number of ether oxygens (including phenoxy) is 1. The fourth-order valence-corrected chi connectivity index (χ4v) is 5.00. The molecule has 2 aliphatic heterocycles. The molecule has 1 N–H and O–H groups in total. The molecule has 8 nitrogen and oxygen atoms in total. The van der Waals surface area contributed by atoms with Gasteiger partial charge in [-0.15, -0.1) is 11.3 Å². The largest absolute Gasteiger partial charge is 0.395 e. The number of rotatable bonds is 6. The van der Waals surface area contributed by atoms with Gasteiger partial charge in [-0.25, -0.2) is 0 Å². The van der Waals surface area contributed by atoms with Gasteiger partial charge in [0.05, 0.1) is 18.7 Å². The maximum atomic E-state index is 12.9. The van der Waals surface area contributed by atoms with Gasteiger partial charge in [-0.1, -0.05) is 6.92 Å². The van der Waals surface area contributed by atoms with Crippen molar-refractivity contribution in [3.63, 3.8) is 0 Å². The number of anilines is 1. The van der Waals surface area contributed by atoms with Gasteiger partial charge in [0, 0.05) is 31.6 Å². The zero-order chi connectivity index (χ0) is 20.4. The molecule has 0 radical (unpaired) electrons. The van der Waals surface area contributed by atoms with Gasteiger partial charge >= 0.3 is 0 Å². The molecule has 0 spiro atoms. The molecule has 28 heavy (non-hydrogen) atoms. The SMILES string of the molecule is CCCOC(C)C(=O)N1CCc2c(sc3c2C(=O)N(C)CC(=O)N3CCO)C1. The van der Waals surface area contributed by atoms with Gasteiger partial charge in [0.1, 0.15) is 17.6 Å². The summed E-state index contributed by atoms with van der Waals surface area (Å²) in [6.45, 7) is 5.18. The van der Waals surface area contributed by atoms with Gasteiger partial charge in [0.15, 0.2) is 0 Å². The number of aliphatic hydroxyl groups is 1. The standard InChI is InChI=1S/C19H27N3O5S/c1-4-9-27-12(2)17(25)21-6-5-13-14(10-21)28-19-16(13)18(26)20(3)11-15(24)22(19)7-8-23/h12,23H,4-11H2,1-3H3. The molecule has 1 unspecified atom stereocenters. The molecule has 0 saturated heterocycles. The van der Waals surface area contributed by atoms with Crippen LogP contribution >= 0.6 is 11.3 Å². The minimum Gasteiger partial charge on any atom is -0.395 e. The van der Waals surface area contributed by atoms with Crippen molar-refractivity contribution in [2.24, 2.45) is 0 Å². The smallest absolute Gasteiger partial charge is 0.257 e. The van der Waals surface area contributed by atoms with Crippen LogP contribution in [-0.2, 0) is 27.3 Å². The first-order chi connectivity index (χ1) is 13.4. The quantitative estimate of drug-likeness (QED) is 0.753. The summed E-state index contributed by atoms with van der Waals surface area (Å²) in [7, 11) is 1.61. The maximum absolute atomic E-state index is 12.9. The molecule has 1 aromatic rings. The van der Waals surface area contributed by atoms with E-state index < -0.39 is 6.10 Å². The molecule has 0 fully saturated rings. The van der Waals surface area contributed by atoms with E-state index in [1.165, 1.54) is 21.1 Å². The molecule has 154 valence electrons. The number of amides is 3. The number of hydrogen-bond acceptors (Lipinski definition) is 6. The summed E-state index contributed by atoms with van der Waals surface area (Å²) in [6, 6.07) is 0. The minimum absolute atomic E-state index is 0.00804. The third-order valence-corrected chi connectivity index (χ3v) is 6.31. The molecule has 3 rings (SSSR count). The van der Waals surface area contributed by atoms with Crippen molar-refractivity contribution in [1.29, 1.82) is 0 Å². The molecule has 3 amide bonds. The predicted octanol–water partition coefficient (Wildman–Crippen LogP) is 0.859. The fraction of sp³-hybridized carbons (Fsp3) is 0.632. The summed E-state index contributed by atoms with van der Waals surface area (Å²) in [6.07, 6.45) is 0.914. The zero-order valence-corrected chi connectivity index (χ0v) is 17.4. The summed E-state index contributed by atoms with van der Waals surface area (Å²) in [5.74, 6) is -0.452. The Bertz CT molecular complexity index is 778. The first kappa shape index (κ1) is 20.8. The van der Waals surface area contributed by atoms with Gasteiger partial charge in [0.2, 0.25) is 5.91 Å². The van der Waals surface area contributed by atoms with Crippen molar-refractivity contribution in [2.75, 3.05) is 44.8 Å². The second kappa shape index (κ2) is 8.59. The van der Waals surface area contributed by atoms with E-state index in [0.717, 1.165) is 16.9 Å². The van der Waals surface area contributed by atoms with Crippen LogP contribution in [0.3, 0.4) is 0 Å². The normalized spacial score (nSPS) is 18.1. The van der Waals surface area contributed by atoms with E-state index in [1.807, 2.05) is 6.92 Å². The second-order valence-electron chi connectivity index (χ2n) is 7.14. The summed E-state index contributed by atoms with van der Waals surface area (Å²) >= 11 is 1.37. The Kier molecular flexibility index (Phi) is 6.36. The third kappa shape index (κ3) is 3.78. The van der Waals surface area contributed by atoms with E-state index in [2.05, 4.69) is 0 Å². The van der Waals surface area contributed by atoms with Crippen LogP contribution in [-0.4, -0.2) is 78.6 Å². The van der Waals surface area contributed by atoms with Crippen molar-refractivity contribution >= 4 is 34.1 Å². The number of thiophene rings is 1. The molecule has 0 bridgehead atoms. The Hall–Kier alpha value is -1.97. The van der Waals surface area contributed by atoms with Crippen LogP contribution < -0.4 is 4.90 Å². The highest BCUT2D eigenvalue weighted by Gasteiger charge is 2.37. The lowest BCUT2D eigenvalue weighted by Gasteiger charge is -2.29. The first-order valence-electron chi connectivity index (χ1n) is 9.60. The van der Waals surface area contributed by atoms with E-state index in [-0.39, 0.29) is 37.4 Å². The molecule has 9 heteroatoms. The lowest BCUT2D eigenvalue weighted by molar-refractivity contribution is -0.143. The number of hydrogen-bond donors (Lipinski definition) is 1. The van der Waals surface area contributed by atoms with Crippen LogP contribution in [0.4, 0.5) is 5.00 Å². The zero-order valence-electron chi connectivity index (χ0n) is 16.6. The van der Waals surface area contributed by atoms with Crippen LogP contribution in [0.2, 0.25) is 0 Å². The Morgan fingerprint density at radius 3 is 2.75 bits per heavy atom. The van der Waals surface area contributed by atoms with Gasteiger partial charge in [-0.3, -0.25) is 19.3 Å². The minimum atomic E-state index is -0.500. The molecule has 3 heterocycles. The molecule has 0 saturated carbocycles. The highest BCUT2D eigenvalue weighted by atomic mass is 32.1. The summed E-state index contributed by atoms with van der Waals surface area (Å²) in [4.78, 5) is 43.7. The number of aliphatic hydroxyl groups excluding tert-OH is 1. The van der Waals surface area contributed by atoms with Crippen LogP contribution in [0.5, 0.6) is 0 Å². The summed E-state index contributed by atoms with van der Waals surface area (Å²) in [5, 5.41) is 9.97. The fourth-order valence-electron chi connectivity index (χ4n) is 3.60. The maximum Gasteiger partial charge on any atom is 0.257 e. The molecule has 0 aromatic carbocycles. The highest BCUT2D eigenvalue weighted by molar-refractivity contribution is 7.17. The van der Waals surface area contributed by atoms with Gasteiger partial charge in [-0.05, 0) is 25.3 Å². The van der Waals surface area contributed by atoms with Crippen LogP contribution in [0, 0.1) is 0 Å². The van der Waals surface area contributed by atoms with Crippen LogP contribution in [0.1, 0.15) is 41.1 Å². The van der Waals surface area contributed by atoms with E-state index in [1.54, 1.807) is 18.9 Å². The Balaban J connectivity index is 1.90. The van der Waals surface area contributed by atoms with Gasteiger partial charge < -0.3 is 19.6 Å². The molecule has 1 atom stereocenters. The number of likely N-dealkylation sites (N-methyl/N-ethyl adjacent to an activating group) is 1. The monoisotopic (exact) mass is 409 g/mol. The van der Waals surface area contributed by atoms with Crippen LogP contribution in [0.25, 0.3) is 0 Å². The van der Waals surface area contributed by atoms with E-state index in [9.17, 15) is 19.5 Å². The summed E-state index contributed by atoms with van der Waals surface area (Å²) < 4.78 is 5.56. The third-order valence-electron chi connectivity index (χ3n) is 5.07. The predicted molar refractivity (Wildman–Crippen MR) is 106 cm³/mol. The second-order valence-corrected chi connectivity index (χ2v) is 8.22. The molecule has 1 aromatic heterocycles. The number of fused-ring (bicyclic) bond motifs is 3.